The predicted molar refractivity (Wildman–Crippen MR) is 223 cm³/mol. The van der Waals surface area contributed by atoms with Crippen LogP contribution in [0.3, 0.4) is 0 Å². The van der Waals surface area contributed by atoms with E-state index >= 15 is 0 Å². The van der Waals surface area contributed by atoms with E-state index in [0.717, 1.165) is 60.1 Å². The second kappa shape index (κ2) is 27.3. The molecule has 5 unspecified atom stereocenters. The number of rotatable bonds is 30. The van der Waals surface area contributed by atoms with Gasteiger partial charge in [-0.1, -0.05) is 12.1 Å². The number of unbranched alkanes of at least 4 members (excludes halogenated alkanes) is 3. The van der Waals surface area contributed by atoms with Crippen molar-refractivity contribution in [1.29, 1.82) is 0 Å². The second-order valence-corrected chi connectivity index (χ2v) is 14.9. The van der Waals surface area contributed by atoms with E-state index in [2.05, 4.69) is 17.2 Å². The molecule has 0 aromatic heterocycles. The molecule has 2 aromatic carbocycles. The number of hydrogen-bond donors (Lipinski definition) is 8. The molecular weight excluding hydrogens is 778 g/mol. The van der Waals surface area contributed by atoms with Crippen molar-refractivity contribution in [1.82, 2.24) is 10.6 Å². The summed E-state index contributed by atoms with van der Waals surface area (Å²) in [6.45, 7) is 4.28. The molecule has 3 rings (SSSR count). The summed E-state index contributed by atoms with van der Waals surface area (Å²) < 4.78 is 23.2. The van der Waals surface area contributed by atoms with Gasteiger partial charge in [-0.15, -0.1) is 6.58 Å². The maximum absolute atomic E-state index is 12.5. The molecule has 16 heteroatoms. The molecule has 0 spiro atoms. The Morgan fingerprint density at radius 2 is 1.47 bits per heavy atom. The number of ketones is 1. The van der Waals surface area contributed by atoms with Crippen molar-refractivity contribution in [2.24, 2.45) is 5.73 Å². The fourth-order valence-electron chi connectivity index (χ4n) is 6.79. The SMILES string of the molecule is C=CCc1c(OCCCCCOc2cccc(OCCCC(=O)NCCCCC(N)C(=O)NCC(O)C(O)C(O)C(O)CO)c2CCC(=O)OC)ccc2c1CCCC2=O. The highest BCUT2D eigenvalue weighted by molar-refractivity contribution is 5.99. The number of Topliss-reactive ketones (excluding diaryl/α,β-unsaturated/α-hetero) is 1. The zero-order valence-corrected chi connectivity index (χ0v) is 34.8. The number of esters is 1. The van der Waals surface area contributed by atoms with E-state index in [0.29, 0.717) is 76.2 Å². The Kier molecular flexibility index (Phi) is 22.7. The molecule has 60 heavy (non-hydrogen) atoms. The van der Waals surface area contributed by atoms with Crippen molar-refractivity contribution in [3.05, 3.63) is 65.2 Å². The fourth-order valence-corrected chi connectivity index (χ4v) is 6.79. The zero-order valence-electron chi connectivity index (χ0n) is 34.8. The van der Waals surface area contributed by atoms with Crippen molar-refractivity contribution < 1.29 is 63.7 Å². The van der Waals surface area contributed by atoms with Crippen LogP contribution in [0.1, 0.15) is 97.7 Å². The molecule has 0 radical (unpaired) electrons. The van der Waals surface area contributed by atoms with Crippen LogP contribution in [0.25, 0.3) is 0 Å². The van der Waals surface area contributed by atoms with E-state index in [1.54, 1.807) is 6.07 Å². The molecule has 9 N–H and O–H groups in total. The minimum atomic E-state index is -1.80. The maximum atomic E-state index is 12.5. The van der Waals surface area contributed by atoms with Gasteiger partial charge in [-0.3, -0.25) is 19.2 Å². The van der Waals surface area contributed by atoms with Crippen molar-refractivity contribution in [3.63, 3.8) is 0 Å². The van der Waals surface area contributed by atoms with Crippen LogP contribution in [0.2, 0.25) is 0 Å². The monoisotopic (exact) mass is 843 g/mol. The van der Waals surface area contributed by atoms with Crippen LogP contribution in [-0.4, -0.2) is 126 Å². The largest absolute Gasteiger partial charge is 0.493 e. The number of carbonyl (C=O) groups excluding carboxylic acids is 4. The summed E-state index contributed by atoms with van der Waals surface area (Å²) in [4.78, 5) is 49.1. The number of benzene rings is 2. The summed E-state index contributed by atoms with van der Waals surface area (Å²) in [6, 6.07) is 8.35. The van der Waals surface area contributed by atoms with Crippen LogP contribution in [0.15, 0.2) is 43.0 Å². The van der Waals surface area contributed by atoms with Crippen molar-refractivity contribution in [2.45, 2.75) is 120 Å². The lowest BCUT2D eigenvalue weighted by Gasteiger charge is -2.26. The van der Waals surface area contributed by atoms with Crippen LogP contribution in [-0.2, 0) is 38.4 Å². The number of amides is 2. The standard InChI is InChI=1S/C44H65N3O13/c1-3-12-31-29-13-9-15-34(49)30(29)19-21-39(31)59-25-8-4-7-24-58-37-16-10-17-38(32(37)20-22-41(53)57-2)60-26-11-18-40(52)46-23-6-5-14-33(45)44(56)47-27-35(50)42(54)43(55)36(51)28-48/h3,10,16-17,19,21,33,35-36,42-43,48,50-51,54-55H,1,4-9,11-15,18,20,22-28,45H2,2H3,(H,46,52)(H,47,56). The highest BCUT2D eigenvalue weighted by atomic mass is 16.5. The molecular formula is C44H65N3O13. The molecule has 2 aromatic rings. The highest BCUT2D eigenvalue weighted by Crippen LogP contribution is 2.33. The van der Waals surface area contributed by atoms with E-state index in [1.165, 1.54) is 7.11 Å². The topological polar surface area (TPSA) is 256 Å². The number of allylic oxidation sites excluding steroid dienone is 1. The highest BCUT2D eigenvalue weighted by Gasteiger charge is 2.30. The molecule has 0 bridgehead atoms. The van der Waals surface area contributed by atoms with Gasteiger partial charge in [0.05, 0.1) is 45.7 Å². The third-order valence-corrected chi connectivity index (χ3v) is 10.3. The Bertz CT molecular complexity index is 1670. The first-order valence-electron chi connectivity index (χ1n) is 20.9. The number of hydrogen-bond acceptors (Lipinski definition) is 14. The minimum Gasteiger partial charge on any atom is -0.493 e. The number of fused-ring (bicyclic) bond motifs is 1. The zero-order chi connectivity index (χ0) is 43.9. The van der Waals surface area contributed by atoms with Gasteiger partial charge in [-0.25, -0.2) is 0 Å². The smallest absolute Gasteiger partial charge is 0.305 e. The number of ether oxygens (including phenoxy) is 4. The average molecular weight is 844 g/mol. The Morgan fingerprint density at radius 1 is 0.817 bits per heavy atom. The predicted octanol–water partition coefficient (Wildman–Crippen LogP) is 1.99. The normalized spacial score (nSPS) is 14.8. The third kappa shape index (κ3) is 16.5. The number of aliphatic hydroxyl groups is 5. The lowest BCUT2D eigenvalue weighted by atomic mass is 9.86. The fraction of sp³-hybridized carbons (Fsp3) is 0.591. The molecule has 0 aliphatic heterocycles. The lowest BCUT2D eigenvalue weighted by Crippen LogP contribution is -2.51. The summed E-state index contributed by atoms with van der Waals surface area (Å²) >= 11 is 0. The second-order valence-electron chi connectivity index (χ2n) is 14.9. The van der Waals surface area contributed by atoms with Gasteiger partial charge in [-0.05, 0) is 100 Å². The van der Waals surface area contributed by atoms with Crippen LogP contribution in [0, 0.1) is 0 Å². The molecule has 1 aliphatic rings. The minimum absolute atomic E-state index is 0.142. The summed E-state index contributed by atoms with van der Waals surface area (Å²) in [5.41, 5.74) is 9.60. The van der Waals surface area contributed by atoms with Crippen molar-refractivity contribution in [3.8, 4) is 17.2 Å². The Labute approximate surface area is 352 Å². The first-order valence-corrected chi connectivity index (χ1v) is 20.9. The number of methoxy groups -OCH3 is 1. The van der Waals surface area contributed by atoms with E-state index < -0.39 is 49.5 Å². The lowest BCUT2D eigenvalue weighted by molar-refractivity contribution is -0.140. The van der Waals surface area contributed by atoms with Gasteiger partial charge in [-0.2, -0.15) is 0 Å². The number of nitrogens with two attached hydrogens (primary N) is 1. The first kappa shape index (κ1) is 49.8. The molecule has 1 aliphatic carbocycles. The third-order valence-electron chi connectivity index (χ3n) is 10.3. The number of nitrogens with one attached hydrogen (secondary N) is 2. The van der Waals surface area contributed by atoms with E-state index in [1.807, 2.05) is 30.3 Å². The molecule has 2 amide bonds. The van der Waals surface area contributed by atoms with Gasteiger partial charge in [0.1, 0.15) is 35.6 Å². The maximum Gasteiger partial charge on any atom is 0.305 e. The average Bonchev–Trinajstić information content (AvgIpc) is 3.25. The Morgan fingerprint density at radius 3 is 2.12 bits per heavy atom. The van der Waals surface area contributed by atoms with Crippen molar-refractivity contribution >= 4 is 23.6 Å². The molecule has 5 atom stereocenters. The van der Waals surface area contributed by atoms with Gasteiger partial charge in [0.25, 0.3) is 0 Å². The van der Waals surface area contributed by atoms with Crippen LogP contribution in [0.5, 0.6) is 17.2 Å². The van der Waals surface area contributed by atoms with Gasteiger partial charge < -0.3 is 60.8 Å². The molecule has 334 valence electrons. The molecule has 0 saturated heterocycles. The molecule has 16 nitrogen and oxygen atoms in total. The summed E-state index contributed by atoms with van der Waals surface area (Å²) in [7, 11) is 1.34. The van der Waals surface area contributed by atoms with E-state index in [-0.39, 0.29) is 37.1 Å². The summed E-state index contributed by atoms with van der Waals surface area (Å²) in [5.74, 6) is 1.09. The molecule has 0 heterocycles. The Balaban J connectivity index is 1.35. The van der Waals surface area contributed by atoms with Gasteiger partial charge in [0.2, 0.25) is 11.8 Å². The van der Waals surface area contributed by atoms with Crippen LogP contribution in [0.4, 0.5) is 0 Å². The van der Waals surface area contributed by atoms with Gasteiger partial charge in [0, 0.05) is 49.0 Å². The summed E-state index contributed by atoms with van der Waals surface area (Å²) in [6.07, 6.45) is 3.00. The van der Waals surface area contributed by atoms with E-state index in [4.69, 9.17) is 29.8 Å². The molecule has 0 fully saturated rings. The summed E-state index contributed by atoms with van der Waals surface area (Å²) in [5, 5.41) is 53.0. The molecule has 0 saturated carbocycles. The quantitative estimate of drug-likeness (QED) is 0.0318. The number of carbonyl (C=O) groups is 4. The van der Waals surface area contributed by atoms with E-state index in [9.17, 15) is 39.6 Å². The van der Waals surface area contributed by atoms with Crippen LogP contribution >= 0.6 is 0 Å². The first-order chi connectivity index (χ1) is 28.9. The van der Waals surface area contributed by atoms with Gasteiger partial charge >= 0.3 is 5.97 Å². The van der Waals surface area contributed by atoms with Gasteiger partial charge in [0.15, 0.2) is 5.78 Å². The number of aliphatic hydroxyl groups excluding tert-OH is 5. The van der Waals surface area contributed by atoms with Crippen molar-refractivity contribution in [2.75, 3.05) is 46.6 Å². The Hall–Kier alpha value is -4.58. The van der Waals surface area contributed by atoms with Crippen LogP contribution < -0.4 is 30.6 Å².